The number of hydrogen-bond acceptors (Lipinski definition) is 4. The lowest BCUT2D eigenvalue weighted by atomic mass is 10.1. The fourth-order valence-electron chi connectivity index (χ4n) is 2.18. The molecule has 1 aliphatic rings. The van der Waals surface area contributed by atoms with Gasteiger partial charge >= 0.3 is 0 Å². The standard InChI is InChI=1S/C11H23N3O2/c1-4-5-10(11(15)13-12)14-6-9(3)16-7-8(14)2/h8-10H,4-7,12H2,1-3H3,(H,13,15). The highest BCUT2D eigenvalue weighted by Gasteiger charge is 2.32. The third-order valence-electron chi connectivity index (χ3n) is 3.06. The Morgan fingerprint density at radius 3 is 2.88 bits per heavy atom. The van der Waals surface area contributed by atoms with E-state index in [1.807, 2.05) is 6.92 Å². The maximum absolute atomic E-state index is 11.7. The highest BCUT2D eigenvalue weighted by molar-refractivity contribution is 5.81. The van der Waals surface area contributed by atoms with Gasteiger partial charge < -0.3 is 4.74 Å². The van der Waals surface area contributed by atoms with E-state index in [0.29, 0.717) is 6.61 Å². The van der Waals surface area contributed by atoms with Gasteiger partial charge in [0.2, 0.25) is 0 Å². The number of nitrogens with two attached hydrogens (primary N) is 1. The Kier molecular flexibility index (Phi) is 5.18. The lowest BCUT2D eigenvalue weighted by Gasteiger charge is -2.41. The Balaban J connectivity index is 2.70. The average molecular weight is 229 g/mol. The number of hydrogen-bond donors (Lipinski definition) is 2. The van der Waals surface area contributed by atoms with Crippen LogP contribution in [0.4, 0.5) is 0 Å². The molecule has 3 atom stereocenters. The second-order valence-corrected chi connectivity index (χ2v) is 4.50. The van der Waals surface area contributed by atoms with Crippen LogP contribution >= 0.6 is 0 Å². The summed E-state index contributed by atoms with van der Waals surface area (Å²) in [5, 5.41) is 0. The molecule has 5 heteroatoms. The number of ether oxygens (including phenoxy) is 1. The number of amides is 1. The van der Waals surface area contributed by atoms with Crippen molar-refractivity contribution in [3.05, 3.63) is 0 Å². The van der Waals surface area contributed by atoms with Crippen LogP contribution in [0.2, 0.25) is 0 Å². The number of nitrogens with one attached hydrogen (secondary N) is 1. The zero-order valence-corrected chi connectivity index (χ0v) is 10.4. The van der Waals surface area contributed by atoms with E-state index < -0.39 is 0 Å². The van der Waals surface area contributed by atoms with E-state index >= 15 is 0 Å². The molecule has 0 aromatic heterocycles. The molecular weight excluding hydrogens is 206 g/mol. The first-order chi connectivity index (χ1) is 7.60. The Labute approximate surface area is 97.3 Å². The first-order valence-electron chi connectivity index (χ1n) is 5.98. The predicted molar refractivity (Wildman–Crippen MR) is 62.6 cm³/mol. The highest BCUT2D eigenvalue weighted by atomic mass is 16.5. The maximum Gasteiger partial charge on any atom is 0.251 e. The van der Waals surface area contributed by atoms with Crippen molar-refractivity contribution in [2.24, 2.45) is 5.84 Å². The van der Waals surface area contributed by atoms with Gasteiger partial charge in [-0.05, 0) is 20.3 Å². The van der Waals surface area contributed by atoms with Gasteiger partial charge in [-0.1, -0.05) is 13.3 Å². The normalized spacial score (nSPS) is 28.8. The minimum Gasteiger partial charge on any atom is -0.376 e. The second-order valence-electron chi connectivity index (χ2n) is 4.50. The van der Waals surface area contributed by atoms with Crippen molar-refractivity contribution >= 4 is 5.91 Å². The second kappa shape index (κ2) is 6.18. The van der Waals surface area contributed by atoms with Crippen molar-refractivity contribution in [1.29, 1.82) is 0 Å². The molecule has 0 aromatic rings. The van der Waals surface area contributed by atoms with Crippen LogP contribution in [-0.4, -0.2) is 42.1 Å². The van der Waals surface area contributed by atoms with Crippen LogP contribution in [-0.2, 0) is 9.53 Å². The Hall–Kier alpha value is -0.650. The van der Waals surface area contributed by atoms with E-state index in [9.17, 15) is 4.79 Å². The minimum atomic E-state index is -0.128. The van der Waals surface area contributed by atoms with Gasteiger partial charge in [0.05, 0.1) is 18.8 Å². The molecule has 1 aliphatic heterocycles. The van der Waals surface area contributed by atoms with Crippen LogP contribution in [0.1, 0.15) is 33.6 Å². The van der Waals surface area contributed by atoms with Crippen molar-refractivity contribution in [1.82, 2.24) is 10.3 Å². The molecule has 0 aromatic carbocycles. The average Bonchev–Trinajstić information content (AvgIpc) is 2.28. The summed E-state index contributed by atoms with van der Waals surface area (Å²) in [6.45, 7) is 7.66. The fraction of sp³-hybridized carbons (Fsp3) is 0.909. The van der Waals surface area contributed by atoms with Gasteiger partial charge in [-0.3, -0.25) is 15.1 Å². The van der Waals surface area contributed by atoms with E-state index in [4.69, 9.17) is 10.6 Å². The van der Waals surface area contributed by atoms with Crippen molar-refractivity contribution in [3.63, 3.8) is 0 Å². The molecule has 1 amide bonds. The summed E-state index contributed by atoms with van der Waals surface area (Å²) in [4.78, 5) is 13.9. The fourth-order valence-corrected chi connectivity index (χ4v) is 2.18. The van der Waals surface area contributed by atoms with Gasteiger partial charge in [0, 0.05) is 12.6 Å². The van der Waals surface area contributed by atoms with Crippen molar-refractivity contribution in [3.8, 4) is 0 Å². The third-order valence-corrected chi connectivity index (χ3v) is 3.06. The lowest BCUT2D eigenvalue weighted by Crippen LogP contribution is -2.57. The predicted octanol–water partition coefficient (Wildman–Crippen LogP) is 0.254. The van der Waals surface area contributed by atoms with Crippen LogP contribution in [0.15, 0.2) is 0 Å². The minimum absolute atomic E-state index is 0.0946. The number of morpholine rings is 1. The van der Waals surface area contributed by atoms with Crippen LogP contribution in [0.25, 0.3) is 0 Å². The molecule has 0 spiro atoms. The van der Waals surface area contributed by atoms with Crippen LogP contribution in [0, 0.1) is 0 Å². The molecule has 0 bridgehead atoms. The third kappa shape index (κ3) is 3.17. The molecule has 0 radical (unpaired) electrons. The lowest BCUT2D eigenvalue weighted by molar-refractivity contribution is -0.133. The van der Waals surface area contributed by atoms with E-state index in [1.165, 1.54) is 0 Å². The smallest absolute Gasteiger partial charge is 0.251 e. The summed E-state index contributed by atoms with van der Waals surface area (Å²) in [6, 6.07) is 0.140. The largest absolute Gasteiger partial charge is 0.376 e. The van der Waals surface area contributed by atoms with Crippen LogP contribution in [0.5, 0.6) is 0 Å². The van der Waals surface area contributed by atoms with Gasteiger partial charge in [-0.25, -0.2) is 5.84 Å². The van der Waals surface area contributed by atoms with E-state index in [0.717, 1.165) is 19.4 Å². The van der Waals surface area contributed by atoms with Crippen LogP contribution < -0.4 is 11.3 Å². The molecule has 1 saturated heterocycles. The van der Waals surface area contributed by atoms with Gasteiger partial charge in [0.1, 0.15) is 0 Å². The maximum atomic E-state index is 11.7. The first kappa shape index (κ1) is 13.4. The number of carbonyl (C=O) groups is 1. The molecule has 94 valence electrons. The van der Waals surface area contributed by atoms with Crippen molar-refractivity contribution in [2.45, 2.75) is 51.8 Å². The monoisotopic (exact) mass is 229 g/mol. The number of rotatable bonds is 4. The summed E-state index contributed by atoms with van der Waals surface area (Å²) < 4.78 is 5.56. The first-order valence-corrected chi connectivity index (χ1v) is 5.98. The molecule has 1 rings (SSSR count). The zero-order chi connectivity index (χ0) is 12.1. The molecule has 3 unspecified atom stereocenters. The molecule has 5 nitrogen and oxygen atoms in total. The molecule has 0 aliphatic carbocycles. The van der Waals surface area contributed by atoms with Crippen molar-refractivity contribution < 1.29 is 9.53 Å². The summed E-state index contributed by atoms with van der Waals surface area (Å²) >= 11 is 0. The van der Waals surface area contributed by atoms with E-state index in [1.54, 1.807) is 0 Å². The summed E-state index contributed by atoms with van der Waals surface area (Å²) in [5.41, 5.74) is 2.26. The summed E-state index contributed by atoms with van der Waals surface area (Å²) in [7, 11) is 0. The molecular formula is C11H23N3O2. The molecule has 1 fully saturated rings. The topological polar surface area (TPSA) is 67.6 Å². The van der Waals surface area contributed by atoms with Crippen molar-refractivity contribution in [2.75, 3.05) is 13.2 Å². The Morgan fingerprint density at radius 1 is 1.62 bits per heavy atom. The van der Waals surface area contributed by atoms with E-state index in [2.05, 4.69) is 24.2 Å². The SMILES string of the molecule is CCCC(C(=O)NN)N1CC(C)OCC1C. The highest BCUT2D eigenvalue weighted by Crippen LogP contribution is 2.17. The molecule has 1 heterocycles. The molecule has 16 heavy (non-hydrogen) atoms. The number of nitrogens with zero attached hydrogens (tertiary/aromatic N) is 1. The zero-order valence-electron chi connectivity index (χ0n) is 10.4. The summed E-state index contributed by atoms with van der Waals surface area (Å²) in [5.74, 6) is 5.14. The number of hydrazine groups is 1. The Bertz CT molecular complexity index is 235. The van der Waals surface area contributed by atoms with Gasteiger partial charge in [0.25, 0.3) is 5.91 Å². The van der Waals surface area contributed by atoms with Gasteiger partial charge in [-0.15, -0.1) is 0 Å². The van der Waals surface area contributed by atoms with Gasteiger partial charge in [-0.2, -0.15) is 0 Å². The van der Waals surface area contributed by atoms with Gasteiger partial charge in [0.15, 0.2) is 0 Å². The Morgan fingerprint density at radius 2 is 2.31 bits per heavy atom. The molecule has 3 N–H and O–H groups in total. The number of carbonyl (C=O) groups excluding carboxylic acids is 1. The summed E-state index contributed by atoms with van der Waals surface area (Å²) in [6.07, 6.45) is 1.98. The molecule has 0 saturated carbocycles. The van der Waals surface area contributed by atoms with Crippen LogP contribution in [0.3, 0.4) is 0 Å². The van der Waals surface area contributed by atoms with E-state index in [-0.39, 0.29) is 24.1 Å². The quantitative estimate of drug-likeness (QED) is 0.412.